The molecule has 3 aromatic heterocycles. The van der Waals surface area contributed by atoms with E-state index in [2.05, 4.69) is 25.1 Å². The van der Waals surface area contributed by atoms with E-state index in [0.29, 0.717) is 28.2 Å². The summed E-state index contributed by atoms with van der Waals surface area (Å²) < 4.78 is 6.12. The van der Waals surface area contributed by atoms with E-state index in [0.717, 1.165) is 22.4 Å². The van der Waals surface area contributed by atoms with Crippen molar-refractivity contribution in [2.75, 3.05) is 0 Å². The highest BCUT2D eigenvalue weighted by Gasteiger charge is 2.22. The van der Waals surface area contributed by atoms with Gasteiger partial charge >= 0.3 is 0 Å². The molecular formula is C18H14ClN5O. The molecule has 0 radical (unpaired) electrons. The van der Waals surface area contributed by atoms with Crippen LogP contribution in [0.4, 0.5) is 0 Å². The lowest BCUT2D eigenvalue weighted by atomic mass is 10.1. The molecule has 7 heteroatoms. The number of aromatic amines is 1. The van der Waals surface area contributed by atoms with E-state index >= 15 is 0 Å². The van der Waals surface area contributed by atoms with Crippen LogP contribution in [0.2, 0.25) is 5.02 Å². The van der Waals surface area contributed by atoms with E-state index in [-0.39, 0.29) is 0 Å². The summed E-state index contributed by atoms with van der Waals surface area (Å²) in [5.41, 5.74) is 4.06. The van der Waals surface area contributed by atoms with Gasteiger partial charge in [0.1, 0.15) is 6.33 Å². The summed E-state index contributed by atoms with van der Waals surface area (Å²) in [6.45, 7) is 3.90. The maximum absolute atomic E-state index is 6.36. The molecule has 25 heavy (non-hydrogen) atoms. The Balaban J connectivity index is 1.96. The van der Waals surface area contributed by atoms with Gasteiger partial charge in [-0.05, 0) is 37.6 Å². The van der Waals surface area contributed by atoms with Crippen LogP contribution in [0.25, 0.3) is 34.3 Å². The molecule has 0 fully saturated rings. The van der Waals surface area contributed by atoms with Gasteiger partial charge in [0.05, 0.1) is 5.02 Å². The van der Waals surface area contributed by atoms with Crippen molar-refractivity contribution >= 4 is 11.6 Å². The summed E-state index contributed by atoms with van der Waals surface area (Å²) in [6, 6.07) is 9.41. The number of hydrogen-bond acceptors (Lipinski definition) is 5. The fraction of sp³-hybridized carbons (Fsp3) is 0.111. The van der Waals surface area contributed by atoms with Crippen LogP contribution < -0.4 is 0 Å². The number of nitrogens with zero attached hydrogens (tertiary/aromatic N) is 4. The predicted molar refractivity (Wildman–Crippen MR) is 95.0 cm³/mol. The highest BCUT2D eigenvalue weighted by molar-refractivity contribution is 6.33. The number of halogens is 1. The molecule has 0 bridgehead atoms. The Morgan fingerprint density at radius 1 is 1.08 bits per heavy atom. The number of aryl methyl sites for hydroxylation is 2. The van der Waals surface area contributed by atoms with Crippen LogP contribution in [0.15, 0.2) is 47.3 Å². The SMILES string of the molecule is Cc1cc(-c2nc(-c3ncn[nH]3)c(-c3ccccc3Cl)o2)c(C)cn1. The van der Waals surface area contributed by atoms with Crippen molar-refractivity contribution in [1.82, 2.24) is 25.1 Å². The number of oxazole rings is 1. The predicted octanol–water partition coefficient (Wildman–Crippen LogP) is 4.46. The Morgan fingerprint density at radius 3 is 2.68 bits per heavy atom. The minimum absolute atomic E-state index is 0.490. The summed E-state index contributed by atoms with van der Waals surface area (Å²) in [4.78, 5) is 13.2. The van der Waals surface area contributed by atoms with Crippen LogP contribution in [0.3, 0.4) is 0 Å². The first kappa shape index (κ1) is 15.5. The molecule has 124 valence electrons. The molecule has 1 aromatic carbocycles. The second-order valence-corrected chi connectivity index (χ2v) is 6.06. The highest BCUT2D eigenvalue weighted by Crippen LogP contribution is 2.38. The van der Waals surface area contributed by atoms with Crippen LogP contribution in [0, 0.1) is 13.8 Å². The average molecular weight is 352 g/mol. The molecule has 0 aliphatic rings. The number of H-pyrrole nitrogens is 1. The van der Waals surface area contributed by atoms with E-state index in [9.17, 15) is 0 Å². The third kappa shape index (κ3) is 2.81. The second kappa shape index (κ2) is 6.14. The summed E-state index contributed by atoms with van der Waals surface area (Å²) in [5.74, 6) is 1.56. The van der Waals surface area contributed by atoms with Gasteiger partial charge in [0.25, 0.3) is 0 Å². The molecule has 0 amide bonds. The maximum Gasteiger partial charge on any atom is 0.227 e. The van der Waals surface area contributed by atoms with Gasteiger partial charge in [-0.15, -0.1) is 0 Å². The Hall–Kier alpha value is -2.99. The summed E-state index contributed by atoms with van der Waals surface area (Å²) in [5, 5.41) is 7.32. The number of hydrogen-bond donors (Lipinski definition) is 1. The van der Waals surface area contributed by atoms with Gasteiger partial charge < -0.3 is 4.42 Å². The van der Waals surface area contributed by atoms with Crippen molar-refractivity contribution in [3.8, 4) is 34.3 Å². The van der Waals surface area contributed by atoms with Crippen LogP contribution in [0.5, 0.6) is 0 Å². The Bertz CT molecular complexity index is 1040. The fourth-order valence-corrected chi connectivity index (χ4v) is 2.82. The van der Waals surface area contributed by atoms with Crippen molar-refractivity contribution in [3.05, 3.63) is 59.1 Å². The van der Waals surface area contributed by atoms with Crippen LogP contribution in [-0.2, 0) is 0 Å². The second-order valence-electron chi connectivity index (χ2n) is 5.65. The third-order valence-corrected chi connectivity index (χ3v) is 4.18. The van der Waals surface area contributed by atoms with Crippen LogP contribution >= 0.6 is 11.6 Å². The van der Waals surface area contributed by atoms with Crippen molar-refractivity contribution in [3.63, 3.8) is 0 Å². The van der Waals surface area contributed by atoms with E-state index in [4.69, 9.17) is 16.0 Å². The first-order chi connectivity index (χ1) is 12.1. The normalized spacial score (nSPS) is 11.0. The third-order valence-electron chi connectivity index (χ3n) is 3.86. The van der Waals surface area contributed by atoms with Crippen molar-refractivity contribution in [1.29, 1.82) is 0 Å². The van der Waals surface area contributed by atoms with E-state index in [1.165, 1.54) is 6.33 Å². The van der Waals surface area contributed by atoms with Gasteiger partial charge in [-0.1, -0.05) is 23.7 Å². The van der Waals surface area contributed by atoms with E-state index in [1.807, 2.05) is 44.2 Å². The van der Waals surface area contributed by atoms with Crippen molar-refractivity contribution < 1.29 is 4.42 Å². The molecule has 0 aliphatic carbocycles. The first-order valence-electron chi connectivity index (χ1n) is 7.68. The fourth-order valence-electron chi connectivity index (χ4n) is 2.60. The number of pyridine rings is 1. The van der Waals surface area contributed by atoms with Gasteiger partial charge in [-0.3, -0.25) is 10.1 Å². The van der Waals surface area contributed by atoms with Gasteiger partial charge in [0, 0.05) is 23.0 Å². The van der Waals surface area contributed by atoms with Crippen LogP contribution in [-0.4, -0.2) is 25.1 Å². The van der Waals surface area contributed by atoms with Crippen LogP contribution in [0.1, 0.15) is 11.3 Å². The molecule has 1 N–H and O–H groups in total. The van der Waals surface area contributed by atoms with Gasteiger partial charge in [-0.2, -0.15) is 5.10 Å². The Labute approximate surface area is 148 Å². The number of rotatable bonds is 3. The highest BCUT2D eigenvalue weighted by atomic mass is 35.5. The molecule has 0 spiro atoms. The largest absolute Gasteiger partial charge is 0.435 e. The molecule has 0 atom stereocenters. The smallest absolute Gasteiger partial charge is 0.227 e. The molecule has 4 aromatic rings. The summed E-state index contributed by atoms with van der Waals surface area (Å²) >= 11 is 6.36. The maximum atomic E-state index is 6.36. The van der Waals surface area contributed by atoms with E-state index < -0.39 is 0 Å². The molecule has 6 nitrogen and oxygen atoms in total. The Morgan fingerprint density at radius 2 is 1.92 bits per heavy atom. The van der Waals surface area contributed by atoms with E-state index in [1.54, 1.807) is 6.20 Å². The lowest BCUT2D eigenvalue weighted by molar-refractivity contribution is 0.588. The molecule has 4 rings (SSSR count). The number of nitrogens with one attached hydrogen (secondary N) is 1. The minimum Gasteiger partial charge on any atom is -0.435 e. The zero-order chi connectivity index (χ0) is 17.4. The molecule has 0 saturated carbocycles. The van der Waals surface area contributed by atoms with Gasteiger partial charge in [0.15, 0.2) is 17.3 Å². The zero-order valence-corrected chi connectivity index (χ0v) is 14.4. The van der Waals surface area contributed by atoms with Crippen molar-refractivity contribution in [2.45, 2.75) is 13.8 Å². The molecular weight excluding hydrogens is 338 g/mol. The lowest BCUT2D eigenvalue weighted by Crippen LogP contribution is -1.89. The standard InChI is InChI=1S/C18H14ClN5O/c1-10-8-20-11(2)7-13(10)18-23-15(17-21-9-22-24-17)16(25-18)12-5-3-4-6-14(12)19/h3-9H,1-2H3,(H,21,22,24). The monoisotopic (exact) mass is 351 g/mol. The minimum atomic E-state index is 0.490. The quantitative estimate of drug-likeness (QED) is 0.589. The summed E-state index contributed by atoms with van der Waals surface area (Å²) in [7, 11) is 0. The molecule has 3 heterocycles. The first-order valence-corrected chi connectivity index (χ1v) is 8.06. The molecule has 0 unspecified atom stereocenters. The Kier molecular flexibility index (Phi) is 3.82. The lowest BCUT2D eigenvalue weighted by Gasteiger charge is -2.03. The topological polar surface area (TPSA) is 80.5 Å². The summed E-state index contributed by atoms with van der Waals surface area (Å²) in [6.07, 6.45) is 3.24. The number of benzene rings is 1. The average Bonchev–Trinajstić information content (AvgIpc) is 3.26. The molecule has 0 aliphatic heterocycles. The van der Waals surface area contributed by atoms with Crippen molar-refractivity contribution in [2.24, 2.45) is 0 Å². The number of aromatic nitrogens is 5. The zero-order valence-electron chi connectivity index (χ0n) is 13.6. The van der Waals surface area contributed by atoms with Gasteiger partial charge in [0.2, 0.25) is 5.89 Å². The molecule has 0 saturated heterocycles. The van der Waals surface area contributed by atoms with Gasteiger partial charge in [-0.25, -0.2) is 9.97 Å².